The van der Waals surface area contributed by atoms with Crippen molar-refractivity contribution in [1.82, 2.24) is 14.4 Å². The van der Waals surface area contributed by atoms with Crippen molar-refractivity contribution in [3.63, 3.8) is 0 Å². The van der Waals surface area contributed by atoms with Crippen molar-refractivity contribution < 1.29 is 9.53 Å². The lowest BCUT2D eigenvalue weighted by Crippen LogP contribution is -2.52. The van der Waals surface area contributed by atoms with Crippen molar-refractivity contribution in [2.45, 2.75) is 27.3 Å². The number of fused-ring (bicyclic) bond motifs is 2. The van der Waals surface area contributed by atoms with E-state index in [0.717, 1.165) is 54.4 Å². The number of carbonyl (C=O) groups excluding carboxylic acids is 1. The van der Waals surface area contributed by atoms with Gasteiger partial charge >= 0.3 is 5.97 Å². The van der Waals surface area contributed by atoms with Crippen LogP contribution in [-0.4, -0.2) is 66.0 Å². The Labute approximate surface area is 186 Å². The number of carbonyl (C=O) groups is 1. The van der Waals surface area contributed by atoms with Crippen LogP contribution in [0.1, 0.15) is 30.7 Å². The molecule has 1 aromatic heterocycles. The van der Waals surface area contributed by atoms with E-state index in [4.69, 9.17) is 9.73 Å². The largest absolute Gasteiger partial charge is 0.469 e. The van der Waals surface area contributed by atoms with E-state index >= 15 is 0 Å². The maximum Gasteiger partial charge on any atom is 0.312 e. The highest BCUT2D eigenvalue weighted by molar-refractivity contribution is 9.10. The number of hydrogen-bond donors (Lipinski definition) is 0. The summed E-state index contributed by atoms with van der Waals surface area (Å²) < 4.78 is 8.32. The predicted molar refractivity (Wildman–Crippen MR) is 122 cm³/mol. The molecule has 160 valence electrons. The average Bonchev–Trinajstić information content (AvgIpc) is 3.00. The van der Waals surface area contributed by atoms with Crippen molar-refractivity contribution in [3.8, 4) is 0 Å². The van der Waals surface area contributed by atoms with Crippen LogP contribution in [-0.2, 0) is 16.1 Å². The van der Waals surface area contributed by atoms with Gasteiger partial charge < -0.3 is 14.2 Å². The van der Waals surface area contributed by atoms with Gasteiger partial charge in [-0.15, -0.1) is 0 Å². The number of methoxy groups -OCH3 is 1. The van der Waals surface area contributed by atoms with Gasteiger partial charge in [0, 0.05) is 49.9 Å². The van der Waals surface area contributed by atoms with Crippen LogP contribution >= 0.6 is 15.9 Å². The van der Waals surface area contributed by atoms with Crippen LogP contribution in [0.3, 0.4) is 0 Å². The first-order valence-corrected chi connectivity index (χ1v) is 11.2. The van der Waals surface area contributed by atoms with E-state index < -0.39 is 5.41 Å². The summed E-state index contributed by atoms with van der Waals surface area (Å²) in [6, 6.07) is 8.64. The molecule has 2 aliphatic heterocycles. The van der Waals surface area contributed by atoms with Crippen LogP contribution in [0.2, 0.25) is 0 Å². The number of piperazine rings is 1. The molecule has 0 unspecified atom stereocenters. The van der Waals surface area contributed by atoms with Gasteiger partial charge in [0.2, 0.25) is 0 Å². The van der Waals surface area contributed by atoms with Gasteiger partial charge in [-0.05, 0) is 54.4 Å². The molecule has 1 aromatic carbocycles. The van der Waals surface area contributed by atoms with Crippen molar-refractivity contribution in [3.05, 3.63) is 51.8 Å². The Morgan fingerprint density at radius 2 is 1.93 bits per heavy atom. The summed E-state index contributed by atoms with van der Waals surface area (Å²) in [7, 11) is 1.46. The summed E-state index contributed by atoms with van der Waals surface area (Å²) in [5, 5.41) is 0. The maximum atomic E-state index is 12.1. The number of esters is 1. The van der Waals surface area contributed by atoms with E-state index in [0.29, 0.717) is 6.54 Å². The van der Waals surface area contributed by atoms with Crippen LogP contribution in [0.4, 0.5) is 5.69 Å². The number of aromatic nitrogens is 1. The molecule has 6 nitrogen and oxygen atoms in total. The molecular weight excluding hydrogens is 444 g/mol. The van der Waals surface area contributed by atoms with E-state index in [1.807, 2.05) is 13.8 Å². The smallest absolute Gasteiger partial charge is 0.312 e. The van der Waals surface area contributed by atoms with E-state index in [1.54, 1.807) is 0 Å². The molecule has 0 bridgehead atoms. The Morgan fingerprint density at radius 1 is 1.20 bits per heavy atom. The molecule has 0 atom stereocenters. The molecule has 0 amide bonds. The topological polar surface area (TPSA) is 50.1 Å². The summed E-state index contributed by atoms with van der Waals surface area (Å²) in [4.78, 5) is 21.9. The second-order valence-corrected chi connectivity index (χ2v) is 9.79. The summed E-state index contributed by atoms with van der Waals surface area (Å²) >= 11 is 3.64. The van der Waals surface area contributed by atoms with Crippen LogP contribution in [0.5, 0.6) is 0 Å². The lowest BCUT2D eigenvalue weighted by molar-refractivity contribution is -0.152. The van der Waals surface area contributed by atoms with Crippen LogP contribution in [0.25, 0.3) is 0 Å². The summed E-state index contributed by atoms with van der Waals surface area (Å²) in [6.45, 7) is 11.1. The molecule has 7 heteroatoms. The number of amidine groups is 1. The molecule has 3 heterocycles. The predicted octanol–water partition coefficient (Wildman–Crippen LogP) is 3.82. The zero-order valence-electron chi connectivity index (χ0n) is 18.1. The number of aliphatic imine (C=N–C) groups is 1. The second kappa shape index (κ2) is 8.19. The van der Waals surface area contributed by atoms with E-state index in [9.17, 15) is 4.79 Å². The van der Waals surface area contributed by atoms with Gasteiger partial charge in [0.25, 0.3) is 0 Å². The van der Waals surface area contributed by atoms with Crippen molar-refractivity contribution in [2.75, 3.05) is 39.8 Å². The number of nitrogens with zero attached hydrogens (tertiary/aromatic N) is 4. The molecular formula is C23H29BrN4O2. The van der Waals surface area contributed by atoms with Crippen LogP contribution in [0.15, 0.2) is 39.9 Å². The molecule has 2 aliphatic rings. The molecule has 0 spiro atoms. The molecule has 1 saturated heterocycles. The quantitative estimate of drug-likeness (QED) is 0.637. The van der Waals surface area contributed by atoms with Crippen molar-refractivity contribution >= 4 is 33.4 Å². The number of halogens is 1. The minimum absolute atomic E-state index is 0.160. The first-order chi connectivity index (χ1) is 14.3. The fraction of sp³-hybridized carbons (Fsp3) is 0.478. The first-order valence-electron chi connectivity index (χ1n) is 10.4. The number of ether oxygens (including phenoxy) is 1. The fourth-order valence-electron chi connectivity index (χ4n) is 4.35. The summed E-state index contributed by atoms with van der Waals surface area (Å²) in [5.74, 6) is 0.864. The van der Waals surface area contributed by atoms with E-state index in [1.165, 1.54) is 18.2 Å². The Hall–Kier alpha value is -2.12. The van der Waals surface area contributed by atoms with Gasteiger partial charge in [-0.3, -0.25) is 9.69 Å². The Morgan fingerprint density at radius 3 is 2.63 bits per heavy atom. The van der Waals surface area contributed by atoms with E-state index in [-0.39, 0.29) is 5.97 Å². The Kier molecular flexibility index (Phi) is 5.77. The number of aryl methyl sites for hydroxylation is 1. The summed E-state index contributed by atoms with van der Waals surface area (Å²) in [5.41, 5.74) is 4.17. The lowest BCUT2D eigenvalue weighted by Gasteiger charge is -2.39. The second-order valence-electron chi connectivity index (χ2n) is 8.88. The highest BCUT2D eigenvalue weighted by atomic mass is 79.9. The standard InChI is InChI=1S/C23H29BrN4O2/c1-16-5-6-19-17(11-16)13-28-14-18(24)12-20(28)21(25-19)27-9-7-26(8-10-27)15-23(2,3)22(29)30-4/h5-6,11-12,14H,7-10,13,15H2,1-4H3. The molecule has 0 saturated carbocycles. The molecule has 1 fully saturated rings. The Balaban J connectivity index is 1.56. The summed E-state index contributed by atoms with van der Waals surface area (Å²) in [6.07, 6.45) is 2.14. The third-order valence-electron chi connectivity index (χ3n) is 5.92. The molecule has 0 radical (unpaired) electrons. The number of rotatable bonds is 3. The average molecular weight is 473 g/mol. The zero-order valence-corrected chi connectivity index (χ0v) is 19.7. The molecule has 2 aromatic rings. The van der Waals surface area contributed by atoms with E-state index in [2.05, 4.69) is 67.7 Å². The first kappa shape index (κ1) is 21.1. The van der Waals surface area contributed by atoms with Gasteiger partial charge in [0.15, 0.2) is 5.84 Å². The van der Waals surface area contributed by atoms with Crippen molar-refractivity contribution in [2.24, 2.45) is 10.4 Å². The number of benzene rings is 1. The highest BCUT2D eigenvalue weighted by Gasteiger charge is 2.33. The molecule has 30 heavy (non-hydrogen) atoms. The van der Waals surface area contributed by atoms with Gasteiger partial charge in [-0.2, -0.15) is 0 Å². The van der Waals surface area contributed by atoms with Gasteiger partial charge in [0.1, 0.15) is 0 Å². The van der Waals surface area contributed by atoms with Crippen LogP contribution < -0.4 is 0 Å². The molecule has 0 aliphatic carbocycles. The highest BCUT2D eigenvalue weighted by Crippen LogP contribution is 2.30. The maximum absolute atomic E-state index is 12.1. The van der Waals surface area contributed by atoms with Gasteiger partial charge in [0.05, 0.1) is 23.9 Å². The van der Waals surface area contributed by atoms with Crippen molar-refractivity contribution in [1.29, 1.82) is 0 Å². The lowest BCUT2D eigenvalue weighted by atomic mass is 9.92. The van der Waals surface area contributed by atoms with Gasteiger partial charge in [-0.25, -0.2) is 4.99 Å². The normalized spacial score (nSPS) is 17.1. The van der Waals surface area contributed by atoms with Gasteiger partial charge in [-0.1, -0.05) is 17.7 Å². The van der Waals surface area contributed by atoms with Crippen LogP contribution in [0, 0.1) is 12.3 Å². The monoisotopic (exact) mass is 472 g/mol. The minimum atomic E-state index is -0.507. The zero-order chi connectivity index (χ0) is 21.5. The minimum Gasteiger partial charge on any atom is -0.469 e. The number of hydrogen-bond acceptors (Lipinski definition) is 5. The SMILES string of the molecule is COC(=O)C(C)(C)CN1CCN(C2=Nc3ccc(C)cc3Cn3cc(Br)cc32)CC1. The third kappa shape index (κ3) is 4.18. The third-order valence-corrected chi connectivity index (χ3v) is 6.36. The fourth-order valence-corrected chi connectivity index (χ4v) is 4.81. The molecule has 0 N–H and O–H groups in total. The molecule has 4 rings (SSSR count). The Bertz CT molecular complexity index is 987.